The van der Waals surface area contributed by atoms with Crippen LogP contribution in [-0.4, -0.2) is 51.0 Å². The van der Waals surface area contributed by atoms with Crippen LogP contribution in [0.1, 0.15) is 12.8 Å². The lowest BCUT2D eigenvalue weighted by atomic mass is 10.1. The van der Waals surface area contributed by atoms with Gasteiger partial charge in [0.25, 0.3) is 0 Å². The summed E-state index contributed by atoms with van der Waals surface area (Å²) in [5.41, 5.74) is -0.232. The molecule has 0 spiro atoms. The number of amides is 2. The number of ether oxygens (including phenoxy) is 1. The fraction of sp³-hybridized carbons (Fsp3) is 0.500. The first-order valence-corrected chi connectivity index (χ1v) is 7.36. The summed E-state index contributed by atoms with van der Waals surface area (Å²) < 4.78 is 5.07. The maximum atomic E-state index is 12.4. The standard InChI is InChI=1S/C16H23N3O3/c1-19(2)11-10-17-14(20)16(8-9-16)15(21)18-12-4-6-13(22-3)7-5-12/h4-7H,8-11H2,1-3H3,(H,17,20)(H,18,21). The summed E-state index contributed by atoms with van der Waals surface area (Å²) in [5.74, 6) is 0.306. The second-order valence-corrected chi connectivity index (χ2v) is 5.82. The Balaban J connectivity index is 1.91. The number of nitrogens with one attached hydrogen (secondary N) is 2. The number of anilines is 1. The van der Waals surface area contributed by atoms with E-state index in [1.165, 1.54) is 0 Å². The van der Waals surface area contributed by atoms with Gasteiger partial charge in [0.15, 0.2) is 0 Å². The molecule has 0 aromatic heterocycles. The summed E-state index contributed by atoms with van der Waals surface area (Å²) in [4.78, 5) is 26.6. The number of benzene rings is 1. The average Bonchev–Trinajstić information content (AvgIpc) is 3.29. The fourth-order valence-corrected chi connectivity index (χ4v) is 2.17. The average molecular weight is 305 g/mol. The third kappa shape index (κ3) is 3.76. The quantitative estimate of drug-likeness (QED) is 0.740. The zero-order valence-corrected chi connectivity index (χ0v) is 13.3. The van der Waals surface area contributed by atoms with Gasteiger partial charge < -0.3 is 20.3 Å². The van der Waals surface area contributed by atoms with Gasteiger partial charge >= 0.3 is 0 Å². The zero-order valence-electron chi connectivity index (χ0n) is 13.3. The molecule has 6 heteroatoms. The Labute approximate surface area is 130 Å². The smallest absolute Gasteiger partial charge is 0.240 e. The first-order chi connectivity index (χ1) is 10.5. The van der Waals surface area contributed by atoms with Crippen molar-refractivity contribution in [1.82, 2.24) is 10.2 Å². The molecule has 22 heavy (non-hydrogen) atoms. The van der Waals surface area contributed by atoms with Gasteiger partial charge in [-0.15, -0.1) is 0 Å². The van der Waals surface area contributed by atoms with Crippen LogP contribution >= 0.6 is 0 Å². The molecule has 2 amide bonds. The highest BCUT2D eigenvalue weighted by Gasteiger charge is 2.56. The lowest BCUT2D eigenvalue weighted by molar-refractivity contribution is -0.134. The largest absolute Gasteiger partial charge is 0.497 e. The predicted molar refractivity (Wildman–Crippen MR) is 84.9 cm³/mol. The maximum absolute atomic E-state index is 12.4. The summed E-state index contributed by atoms with van der Waals surface area (Å²) >= 11 is 0. The molecule has 0 bridgehead atoms. The molecule has 0 heterocycles. The molecule has 1 aromatic rings. The molecule has 2 rings (SSSR count). The van der Waals surface area contributed by atoms with E-state index in [0.29, 0.717) is 25.1 Å². The van der Waals surface area contributed by atoms with Gasteiger partial charge in [0.05, 0.1) is 7.11 Å². The molecule has 0 radical (unpaired) electrons. The van der Waals surface area contributed by atoms with Crippen molar-refractivity contribution >= 4 is 17.5 Å². The number of carbonyl (C=O) groups is 2. The van der Waals surface area contributed by atoms with Gasteiger partial charge in [-0.05, 0) is 51.2 Å². The zero-order chi connectivity index (χ0) is 16.2. The summed E-state index contributed by atoms with van der Waals surface area (Å²) in [6.45, 7) is 1.30. The van der Waals surface area contributed by atoms with Crippen molar-refractivity contribution in [2.24, 2.45) is 5.41 Å². The highest BCUT2D eigenvalue weighted by molar-refractivity contribution is 6.13. The van der Waals surface area contributed by atoms with Crippen molar-refractivity contribution in [3.8, 4) is 5.75 Å². The number of carbonyl (C=O) groups excluding carboxylic acids is 2. The molecule has 1 fully saturated rings. The molecule has 0 saturated heterocycles. The van der Waals surface area contributed by atoms with Crippen LogP contribution in [0.25, 0.3) is 0 Å². The second-order valence-electron chi connectivity index (χ2n) is 5.82. The highest BCUT2D eigenvalue weighted by atomic mass is 16.5. The van der Waals surface area contributed by atoms with E-state index in [1.807, 2.05) is 19.0 Å². The van der Waals surface area contributed by atoms with Crippen molar-refractivity contribution in [1.29, 1.82) is 0 Å². The van der Waals surface area contributed by atoms with Crippen LogP contribution in [0.3, 0.4) is 0 Å². The van der Waals surface area contributed by atoms with Gasteiger partial charge in [0, 0.05) is 18.8 Å². The van der Waals surface area contributed by atoms with Gasteiger partial charge in [0.1, 0.15) is 11.2 Å². The Morgan fingerprint density at radius 2 is 1.82 bits per heavy atom. The van der Waals surface area contributed by atoms with E-state index in [2.05, 4.69) is 10.6 Å². The normalized spacial score (nSPS) is 15.3. The van der Waals surface area contributed by atoms with Crippen LogP contribution in [0.15, 0.2) is 24.3 Å². The number of hydrogen-bond donors (Lipinski definition) is 2. The molecule has 1 saturated carbocycles. The Hall–Kier alpha value is -2.08. The monoisotopic (exact) mass is 305 g/mol. The minimum absolute atomic E-state index is 0.180. The minimum atomic E-state index is -0.897. The fourth-order valence-electron chi connectivity index (χ4n) is 2.17. The van der Waals surface area contributed by atoms with E-state index in [-0.39, 0.29) is 11.8 Å². The van der Waals surface area contributed by atoms with Crippen LogP contribution < -0.4 is 15.4 Å². The Morgan fingerprint density at radius 3 is 2.32 bits per heavy atom. The van der Waals surface area contributed by atoms with E-state index >= 15 is 0 Å². The lowest BCUT2D eigenvalue weighted by Gasteiger charge is -2.16. The molecule has 0 aliphatic heterocycles. The van der Waals surface area contributed by atoms with Crippen molar-refractivity contribution in [2.75, 3.05) is 39.6 Å². The first kappa shape index (κ1) is 16.3. The van der Waals surface area contributed by atoms with Gasteiger partial charge in [-0.1, -0.05) is 0 Å². The van der Waals surface area contributed by atoms with Gasteiger partial charge in [0.2, 0.25) is 11.8 Å². The molecule has 2 N–H and O–H groups in total. The van der Waals surface area contributed by atoms with Gasteiger partial charge in [-0.3, -0.25) is 9.59 Å². The van der Waals surface area contributed by atoms with Crippen molar-refractivity contribution < 1.29 is 14.3 Å². The van der Waals surface area contributed by atoms with E-state index in [9.17, 15) is 9.59 Å². The number of hydrogen-bond acceptors (Lipinski definition) is 4. The molecule has 6 nitrogen and oxygen atoms in total. The number of nitrogens with zero attached hydrogens (tertiary/aromatic N) is 1. The van der Waals surface area contributed by atoms with E-state index in [1.54, 1.807) is 31.4 Å². The predicted octanol–water partition coefficient (Wildman–Crippen LogP) is 1.09. The van der Waals surface area contributed by atoms with Crippen LogP contribution in [0.4, 0.5) is 5.69 Å². The highest BCUT2D eigenvalue weighted by Crippen LogP contribution is 2.46. The Bertz CT molecular complexity index is 536. The van der Waals surface area contributed by atoms with Gasteiger partial charge in [-0.2, -0.15) is 0 Å². The number of methoxy groups -OCH3 is 1. The molecule has 1 aromatic carbocycles. The summed E-state index contributed by atoms with van der Waals surface area (Å²) in [6, 6.07) is 7.06. The van der Waals surface area contributed by atoms with E-state index in [0.717, 1.165) is 12.3 Å². The van der Waals surface area contributed by atoms with Crippen molar-refractivity contribution in [2.45, 2.75) is 12.8 Å². The van der Waals surface area contributed by atoms with E-state index in [4.69, 9.17) is 4.74 Å². The van der Waals surface area contributed by atoms with Crippen molar-refractivity contribution in [3.63, 3.8) is 0 Å². The van der Waals surface area contributed by atoms with Crippen LogP contribution in [0.5, 0.6) is 5.75 Å². The Morgan fingerprint density at radius 1 is 1.18 bits per heavy atom. The van der Waals surface area contributed by atoms with Crippen molar-refractivity contribution in [3.05, 3.63) is 24.3 Å². The SMILES string of the molecule is COc1ccc(NC(=O)C2(C(=O)NCCN(C)C)CC2)cc1. The third-order valence-corrected chi connectivity index (χ3v) is 3.81. The van der Waals surface area contributed by atoms with Crippen LogP contribution in [-0.2, 0) is 9.59 Å². The van der Waals surface area contributed by atoms with Crippen LogP contribution in [0, 0.1) is 5.41 Å². The van der Waals surface area contributed by atoms with Gasteiger partial charge in [-0.25, -0.2) is 0 Å². The molecular weight excluding hydrogens is 282 g/mol. The molecule has 120 valence electrons. The molecule has 0 atom stereocenters. The summed E-state index contributed by atoms with van der Waals surface area (Å²) in [7, 11) is 5.47. The maximum Gasteiger partial charge on any atom is 0.240 e. The molecule has 1 aliphatic rings. The first-order valence-electron chi connectivity index (χ1n) is 7.36. The number of likely N-dealkylation sites (N-methyl/N-ethyl adjacent to an activating group) is 1. The molecular formula is C16H23N3O3. The molecule has 1 aliphatic carbocycles. The number of rotatable bonds is 7. The second kappa shape index (κ2) is 6.79. The summed E-state index contributed by atoms with van der Waals surface area (Å²) in [6.07, 6.45) is 1.20. The third-order valence-electron chi connectivity index (χ3n) is 3.81. The Kier molecular flexibility index (Phi) is 5.03. The topological polar surface area (TPSA) is 70.7 Å². The van der Waals surface area contributed by atoms with E-state index < -0.39 is 5.41 Å². The summed E-state index contributed by atoms with van der Waals surface area (Å²) in [5, 5.41) is 5.65. The minimum Gasteiger partial charge on any atom is -0.497 e. The lowest BCUT2D eigenvalue weighted by Crippen LogP contribution is -2.42. The molecule has 0 unspecified atom stereocenters. The van der Waals surface area contributed by atoms with Crippen LogP contribution in [0.2, 0.25) is 0 Å².